The van der Waals surface area contributed by atoms with Crippen molar-refractivity contribution in [1.29, 1.82) is 0 Å². The predicted octanol–water partition coefficient (Wildman–Crippen LogP) is 2.14. The molecule has 0 saturated heterocycles. The fraction of sp³-hybridized carbons (Fsp3) is 0.533. The van der Waals surface area contributed by atoms with Gasteiger partial charge in [0, 0.05) is 24.2 Å². The number of benzene rings is 1. The van der Waals surface area contributed by atoms with Crippen molar-refractivity contribution in [1.82, 2.24) is 0 Å². The van der Waals surface area contributed by atoms with E-state index in [4.69, 9.17) is 0 Å². The zero-order valence-corrected chi connectivity index (χ0v) is 10.4. The molecule has 3 unspecified atom stereocenters. The number of anilines is 1. The van der Waals surface area contributed by atoms with Crippen molar-refractivity contribution in [2.24, 2.45) is 10.9 Å². The van der Waals surface area contributed by atoms with E-state index < -0.39 is 0 Å². The summed E-state index contributed by atoms with van der Waals surface area (Å²) >= 11 is 0. The number of aliphatic hydroxyl groups excluding tert-OH is 1. The predicted molar refractivity (Wildman–Crippen MR) is 72.3 cm³/mol. The van der Waals surface area contributed by atoms with Crippen LogP contribution in [0.1, 0.15) is 36.3 Å². The molecular weight excluding hydrogens is 224 g/mol. The van der Waals surface area contributed by atoms with Crippen molar-refractivity contribution >= 4 is 11.9 Å². The average molecular weight is 242 g/mol. The Bertz CT molecular complexity index is 511. The average Bonchev–Trinajstić information content (AvgIpc) is 2.78. The third-order valence-electron chi connectivity index (χ3n) is 4.76. The number of hydrogen-bond donors (Lipinski definition) is 1. The number of nitrogens with zero attached hydrogens (tertiary/aromatic N) is 2. The Kier molecular flexibility index (Phi) is 2.24. The molecule has 1 saturated carbocycles. The van der Waals surface area contributed by atoms with Crippen LogP contribution in [0.5, 0.6) is 0 Å². The normalized spacial score (nSPS) is 32.9. The molecule has 3 nitrogen and oxygen atoms in total. The van der Waals surface area contributed by atoms with Gasteiger partial charge in [0.15, 0.2) is 0 Å². The number of aliphatic imine (C=N–C) groups is 1. The highest BCUT2D eigenvalue weighted by molar-refractivity contribution is 5.90. The molecule has 2 aliphatic heterocycles. The monoisotopic (exact) mass is 242 g/mol. The van der Waals surface area contributed by atoms with E-state index in [-0.39, 0.29) is 6.23 Å². The van der Waals surface area contributed by atoms with Crippen LogP contribution in [-0.4, -0.2) is 30.6 Å². The van der Waals surface area contributed by atoms with Crippen molar-refractivity contribution in [2.45, 2.75) is 31.4 Å². The molecule has 1 aromatic rings. The standard InChI is InChI=1S/C15H18N2O/c18-15-13-6-2-4-11(13)12-5-1-3-10-9-16-7-8-17(15)14(10)12/h1,3,5,9,11,13,15,18H,2,4,6-8H2. The maximum absolute atomic E-state index is 10.6. The van der Waals surface area contributed by atoms with Gasteiger partial charge >= 0.3 is 0 Å². The van der Waals surface area contributed by atoms with Gasteiger partial charge in [-0.25, -0.2) is 0 Å². The molecule has 3 heteroatoms. The van der Waals surface area contributed by atoms with Crippen molar-refractivity contribution in [3.63, 3.8) is 0 Å². The minimum absolute atomic E-state index is 0.312. The lowest BCUT2D eigenvalue weighted by Crippen LogP contribution is -2.46. The fourth-order valence-electron chi connectivity index (χ4n) is 3.98. The summed E-state index contributed by atoms with van der Waals surface area (Å²) in [6, 6.07) is 6.50. The molecule has 0 aromatic heterocycles. The Morgan fingerprint density at radius 1 is 1.28 bits per heavy atom. The van der Waals surface area contributed by atoms with Gasteiger partial charge in [0.1, 0.15) is 6.23 Å². The number of para-hydroxylation sites is 1. The van der Waals surface area contributed by atoms with Crippen LogP contribution in [0.15, 0.2) is 23.2 Å². The Balaban J connectivity index is 1.94. The molecule has 1 aromatic carbocycles. The zero-order valence-electron chi connectivity index (χ0n) is 10.4. The highest BCUT2D eigenvalue weighted by atomic mass is 16.3. The van der Waals surface area contributed by atoms with Gasteiger partial charge in [-0.2, -0.15) is 0 Å². The molecule has 1 fully saturated rings. The number of aliphatic hydroxyl groups is 1. The summed E-state index contributed by atoms with van der Waals surface area (Å²) in [5, 5.41) is 10.6. The third-order valence-corrected chi connectivity index (χ3v) is 4.76. The summed E-state index contributed by atoms with van der Waals surface area (Å²) in [5.41, 5.74) is 3.86. The van der Waals surface area contributed by atoms with Gasteiger partial charge in [-0.15, -0.1) is 0 Å². The Hall–Kier alpha value is -1.35. The maximum Gasteiger partial charge on any atom is 0.130 e. The van der Waals surface area contributed by atoms with Crippen LogP contribution in [0.2, 0.25) is 0 Å². The molecule has 1 N–H and O–H groups in total. The molecule has 2 heterocycles. The molecule has 4 rings (SSSR count). The smallest absolute Gasteiger partial charge is 0.130 e. The van der Waals surface area contributed by atoms with Gasteiger partial charge in [0.25, 0.3) is 0 Å². The fourth-order valence-corrected chi connectivity index (χ4v) is 3.98. The summed E-state index contributed by atoms with van der Waals surface area (Å²) in [7, 11) is 0. The highest BCUT2D eigenvalue weighted by Crippen LogP contribution is 2.50. The van der Waals surface area contributed by atoms with Gasteiger partial charge < -0.3 is 10.0 Å². The maximum atomic E-state index is 10.6. The van der Waals surface area contributed by atoms with Gasteiger partial charge in [0.2, 0.25) is 0 Å². The van der Waals surface area contributed by atoms with Gasteiger partial charge in [0.05, 0.1) is 12.2 Å². The van der Waals surface area contributed by atoms with Crippen molar-refractivity contribution in [2.75, 3.05) is 18.0 Å². The SMILES string of the molecule is OC1C2CCCC2c2cccc3c2N1CCN=C3. The van der Waals surface area contributed by atoms with Crippen molar-refractivity contribution < 1.29 is 5.11 Å². The van der Waals surface area contributed by atoms with Crippen LogP contribution in [0.3, 0.4) is 0 Å². The molecule has 18 heavy (non-hydrogen) atoms. The lowest BCUT2D eigenvalue weighted by molar-refractivity contribution is 0.0903. The van der Waals surface area contributed by atoms with E-state index in [1.54, 1.807) is 0 Å². The summed E-state index contributed by atoms with van der Waals surface area (Å²) in [6.45, 7) is 1.62. The van der Waals surface area contributed by atoms with Crippen molar-refractivity contribution in [3.05, 3.63) is 29.3 Å². The first-order valence-corrected chi connectivity index (χ1v) is 6.94. The van der Waals surface area contributed by atoms with Crippen LogP contribution >= 0.6 is 0 Å². The summed E-state index contributed by atoms with van der Waals surface area (Å²) in [4.78, 5) is 6.61. The first kappa shape index (κ1) is 10.6. The molecule has 3 atom stereocenters. The topological polar surface area (TPSA) is 35.8 Å². The van der Waals surface area contributed by atoms with Gasteiger partial charge in [-0.05, 0) is 24.3 Å². The number of hydrogen-bond acceptors (Lipinski definition) is 3. The van der Waals surface area contributed by atoms with Crippen LogP contribution in [0.4, 0.5) is 5.69 Å². The highest BCUT2D eigenvalue weighted by Gasteiger charge is 2.43. The van der Waals surface area contributed by atoms with E-state index in [1.165, 1.54) is 29.7 Å². The van der Waals surface area contributed by atoms with Gasteiger partial charge in [-0.3, -0.25) is 4.99 Å². The Labute approximate surface area is 107 Å². The first-order chi connectivity index (χ1) is 8.86. The lowest BCUT2D eigenvalue weighted by atomic mass is 9.81. The van der Waals surface area contributed by atoms with E-state index in [0.717, 1.165) is 19.5 Å². The first-order valence-electron chi connectivity index (χ1n) is 6.94. The molecule has 0 radical (unpaired) electrons. The van der Waals surface area contributed by atoms with E-state index in [9.17, 15) is 5.11 Å². The van der Waals surface area contributed by atoms with E-state index in [1.807, 2.05) is 6.21 Å². The Morgan fingerprint density at radius 2 is 2.22 bits per heavy atom. The minimum atomic E-state index is -0.312. The molecule has 94 valence electrons. The Morgan fingerprint density at radius 3 is 3.17 bits per heavy atom. The minimum Gasteiger partial charge on any atom is -0.373 e. The van der Waals surface area contributed by atoms with Crippen molar-refractivity contribution in [3.8, 4) is 0 Å². The summed E-state index contributed by atoms with van der Waals surface area (Å²) in [6.07, 6.45) is 5.29. The zero-order chi connectivity index (χ0) is 12.1. The van der Waals surface area contributed by atoms with Crippen LogP contribution in [-0.2, 0) is 0 Å². The second-order valence-electron chi connectivity index (χ2n) is 5.63. The second-order valence-corrected chi connectivity index (χ2v) is 5.63. The molecule has 1 aliphatic carbocycles. The molecule has 0 amide bonds. The van der Waals surface area contributed by atoms with E-state index in [2.05, 4.69) is 28.1 Å². The van der Waals surface area contributed by atoms with Crippen LogP contribution in [0, 0.1) is 5.92 Å². The quantitative estimate of drug-likeness (QED) is 0.756. The summed E-state index contributed by atoms with van der Waals surface area (Å²) in [5.74, 6) is 0.976. The summed E-state index contributed by atoms with van der Waals surface area (Å²) < 4.78 is 0. The molecule has 3 aliphatic rings. The second kappa shape index (κ2) is 3.82. The molecular formula is C15H18N2O. The number of rotatable bonds is 0. The third kappa shape index (κ3) is 1.31. The van der Waals surface area contributed by atoms with Crippen LogP contribution < -0.4 is 4.90 Å². The molecule has 0 bridgehead atoms. The van der Waals surface area contributed by atoms with Crippen LogP contribution in [0.25, 0.3) is 0 Å². The van der Waals surface area contributed by atoms with E-state index in [0.29, 0.717) is 11.8 Å². The van der Waals surface area contributed by atoms with E-state index >= 15 is 0 Å². The largest absolute Gasteiger partial charge is 0.373 e. The lowest BCUT2D eigenvalue weighted by Gasteiger charge is -2.42. The number of fused-ring (bicyclic) bond motifs is 2. The molecule has 0 spiro atoms. The van der Waals surface area contributed by atoms with Gasteiger partial charge in [-0.1, -0.05) is 24.6 Å².